The number of halogens is 2. The molecular weight excluding hydrogens is 369 g/mol. The molecule has 0 aliphatic rings. The predicted octanol–water partition coefficient (Wildman–Crippen LogP) is 2.19. The Labute approximate surface area is 153 Å². The second kappa shape index (κ2) is 8.95. The molecule has 0 heterocycles. The molecule has 0 unspecified atom stereocenters. The molecule has 3 N–H and O–H groups in total. The van der Waals surface area contributed by atoms with E-state index in [0.717, 1.165) is 6.07 Å². The fourth-order valence-electron chi connectivity index (χ4n) is 1.71. The number of thiocarbonyl (C=S) groups is 1. The van der Waals surface area contributed by atoms with E-state index in [4.69, 9.17) is 28.6 Å². The van der Waals surface area contributed by atoms with Crippen molar-refractivity contribution in [1.82, 2.24) is 16.2 Å². The lowest BCUT2D eigenvalue weighted by Crippen LogP contribution is -2.49. The molecule has 6 nitrogen and oxygen atoms in total. The Hall–Kier alpha value is -2.71. The standard InChI is InChI=1S/C16H13ClFN3O3S/c17-11-6-2-4-8-13(11)24-9-14(22)20-21-16(25)19-15(23)10-5-1-3-7-12(10)18/h1-8H,9H2,(H,20,22)(H2,19,21,23,25). The molecule has 2 aromatic carbocycles. The number of rotatable bonds is 4. The first-order valence-electron chi connectivity index (χ1n) is 6.99. The molecule has 25 heavy (non-hydrogen) atoms. The van der Waals surface area contributed by atoms with Crippen LogP contribution in [-0.2, 0) is 4.79 Å². The Bertz CT molecular complexity index is 804. The summed E-state index contributed by atoms with van der Waals surface area (Å²) >= 11 is 10.7. The van der Waals surface area contributed by atoms with Crippen LogP contribution in [0.4, 0.5) is 4.39 Å². The number of amides is 2. The van der Waals surface area contributed by atoms with Gasteiger partial charge in [0.15, 0.2) is 11.7 Å². The number of para-hydroxylation sites is 1. The maximum atomic E-state index is 13.5. The average molecular weight is 382 g/mol. The van der Waals surface area contributed by atoms with E-state index in [-0.39, 0.29) is 17.3 Å². The fraction of sp³-hybridized carbons (Fsp3) is 0.0625. The Morgan fingerprint density at radius 2 is 1.76 bits per heavy atom. The van der Waals surface area contributed by atoms with E-state index in [2.05, 4.69) is 16.2 Å². The summed E-state index contributed by atoms with van der Waals surface area (Å²) in [6.07, 6.45) is 0. The maximum Gasteiger partial charge on any atom is 0.276 e. The smallest absolute Gasteiger partial charge is 0.276 e. The van der Waals surface area contributed by atoms with E-state index in [0.29, 0.717) is 10.8 Å². The van der Waals surface area contributed by atoms with Gasteiger partial charge in [-0.3, -0.25) is 25.8 Å². The van der Waals surface area contributed by atoms with Crippen LogP contribution in [0.5, 0.6) is 5.75 Å². The minimum Gasteiger partial charge on any atom is -0.482 e. The highest BCUT2D eigenvalue weighted by Gasteiger charge is 2.12. The zero-order valence-electron chi connectivity index (χ0n) is 12.7. The third kappa shape index (κ3) is 5.70. The predicted molar refractivity (Wildman–Crippen MR) is 94.7 cm³/mol. The topological polar surface area (TPSA) is 79.5 Å². The first-order chi connectivity index (χ1) is 12.0. The zero-order valence-corrected chi connectivity index (χ0v) is 14.3. The lowest BCUT2D eigenvalue weighted by molar-refractivity contribution is -0.123. The van der Waals surface area contributed by atoms with Gasteiger partial charge in [0.2, 0.25) is 0 Å². The number of hydrogen-bond donors (Lipinski definition) is 3. The van der Waals surface area contributed by atoms with E-state index in [1.54, 1.807) is 24.3 Å². The molecule has 0 atom stereocenters. The molecule has 2 rings (SSSR count). The van der Waals surface area contributed by atoms with Gasteiger partial charge in [-0.15, -0.1) is 0 Å². The highest BCUT2D eigenvalue weighted by Crippen LogP contribution is 2.22. The van der Waals surface area contributed by atoms with Gasteiger partial charge < -0.3 is 4.74 Å². The van der Waals surface area contributed by atoms with Crippen LogP contribution in [0.15, 0.2) is 48.5 Å². The minimum atomic E-state index is -0.739. The van der Waals surface area contributed by atoms with Gasteiger partial charge in [0, 0.05) is 0 Å². The third-order valence-electron chi connectivity index (χ3n) is 2.86. The first kappa shape index (κ1) is 18.6. The zero-order chi connectivity index (χ0) is 18.2. The highest BCUT2D eigenvalue weighted by molar-refractivity contribution is 7.80. The normalized spacial score (nSPS) is 9.84. The van der Waals surface area contributed by atoms with Gasteiger partial charge in [0.25, 0.3) is 11.8 Å². The summed E-state index contributed by atoms with van der Waals surface area (Å²) in [7, 11) is 0. The summed E-state index contributed by atoms with van der Waals surface area (Å²) in [4.78, 5) is 23.5. The van der Waals surface area contributed by atoms with Crippen LogP contribution in [0, 0.1) is 5.82 Å². The van der Waals surface area contributed by atoms with E-state index in [1.807, 2.05) is 0 Å². The van der Waals surface area contributed by atoms with Crippen molar-refractivity contribution >= 4 is 40.7 Å². The van der Waals surface area contributed by atoms with Gasteiger partial charge >= 0.3 is 0 Å². The van der Waals surface area contributed by atoms with Crippen molar-refractivity contribution < 1.29 is 18.7 Å². The number of hydrogen-bond acceptors (Lipinski definition) is 4. The third-order valence-corrected chi connectivity index (χ3v) is 3.37. The fourth-order valence-corrected chi connectivity index (χ4v) is 2.05. The van der Waals surface area contributed by atoms with Gasteiger partial charge in [-0.05, 0) is 36.5 Å². The van der Waals surface area contributed by atoms with Crippen LogP contribution < -0.4 is 20.9 Å². The van der Waals surface area contributed by atoms with Crippen molar-refractivity contribution in [1.29, 1.82) is 0 Å². The van der Waals surface area contributed by atoms with Gasteiger partial charge in [0.05, 0.1) is 10.6 Å². The van der Waals surface area contributed by atoms with Crippen LogP contribution >= 0.6 is 23.8 Å². The second-order valence-corrected chi connectivity index (χ2v) is 5.47. The van der Waals surface area contributed by atoms with E-state index in [1.165, 1.54) is 18.2 Å². The lowest BCUT2D eigenvalue weighted by atomic mass is 10.2. The molecule has 0 radical (unpaired) electrons. The Morgan fingerprint density at radius 3 is 2.48 bits per heavy atom. The molecule has 130 valence electrons. The largest absolute Gasteiger partial charge is 0.482 e. The van der Waals surface area contributed by atoms with Crippen LogP contribution in [-0.4, -0.2) is 23.5 Å². The molecule has 2 amide bonds. The van der Waals surface area contributed by atoms with Crippen molar-refractivity contribution in [2.75, 3.05) is 6.61 Å². The molecule has 9 heteroatoms. The molecule has 2 aromatic rings. The maximum absolute atomic E-state index is 13.5. The number of carbonyl (C=O) groups is 2. The summed E-state index contributed by atoms with van der Waals surface area (Å²) in [6, 6.07) is 12.1. The van der Waals surface area contributed by atoms with Crippen molar-refractivity contribution in [3.63, 3.8) is 0 Å². The van der Waals surface area contributed by atoms with Gasteiger partial charge in [-0.25, -0.2) is 4.39 Å². The van der Waals surface area contributed by atoms with Crippen molar-refractivity contribution in [3.05, 3.63) is 64.9 Å². The minimum absolute atomic E-state index is 0.167. The summed E-state index contributed by atoms with van der Waals surface area (Å²) in [5, 5.41) is 2.42. The van der Waals surface area contributed by atoms with Crippen LogP contribution in [0.3, 0.4) is 0 Å². The lowest BCUT2D eigenvalue weighted by Gasteiger charge is -2.12. The van der Waals surface area contributed by atoms with Crippen LogP contribution in [0.25, 0.3) is 0 Å². The average Bonchev–Trinajstić information content (AvgIpc) is 2.59. The van der Waals surface area contributed by atoms with Crippen LogP contribution in [0.2, 0.25) is 5.02 Å². The number of carbonyl (C=O) groups excluding carboxylic acids is 2. The highest BCUT2D eigenvalue weighted by atomic mass is 35.5. The number of benzene rings is 2. The van der Waals surface area contributed by atoms with Crippen molar-refractivity contribution in [2.24, 2.45) is 0 Å². The van der Waals surface area contributed by atoms with E-state index >= 15 is 0 Å². The molecule has 0 aliphatic heterocycles. The van der Waals surface area contributed by atoms with Gasteiger partial charge in [0.1, 0.15) is 11.6 Å². The number of hydrazine groups is 1. The summed E-state index contributed by atoms with van der Waals surface area (Å²) in [6.45, 7) is -0.319. The molecule has 0 spiro atoms. The molecule has 0 aromatic heterocycles. The Kier molecular flexibility index (Phi) is 6.67. The SMILES string of the molecule is O=C(COc1ccccc1Cl)NNC(=S)NC(=O)c1ccccc1F. The van der Waals surface area contributed by atoms with Crippen LogP contribution in [0.1, 0.15) is 10.4 Å². The molecule has 0 saturated carbocycles. The first-order valence-corrected chi connectivity index (χ1v) is 7.78. The summed E-state index contributed by atoms with van der Waals surface area (Å²) in [5.74, 6) is -1.62. The molecular formula is C16H13ClFN3O3S. The Morgan fingerprint density at radius 1 is 1.08 bits per heavy atom. The quantitative estimate of drug-likeness (QED) is 0.559. The van der Waals surface area contributed by atoms with Crippen molar-refractivity contribution in [2.45, 2.75) is 0 Å². The number of nitrogens with one attached hydrogen (secondary N) is 3. The van der Waals surface area contributed by atoms with Gasteiger partial charge in [-0.1, -0.05) is 35.9 Å². The van der Waals surface area contributed by atoms with Crippen molar-refractivity contribution in [3.8, 4) is 5.75 Å². The molecule has 0 aliphatic carbocycles. The van der Waals surface area contributed by atoms with E-state index in [9.17, 15) is 14.0 Å². The monoisotopic (exact) mass is 381 g/mol. The second-order valence-electron chi connectivity index (χ2n) is 4.66. The van der Waals surface area contributed by atoms with Gasteiger partial charge in [-0.2, -0.15) is 0 Å². The molecule has 0 fully saturated rings. The summed E-state index contributed by atoms with van der Waals surface area (Å²) in [5.41, 5.74) is 4.39. The number of ether oxygens (including phenoxy) is 1. The molecule has 0 bridgehead atoms. The Balaban J connectivity index is 1.76. The molecule has 0 saturated heterocycles. The summed E-state index contributed by atoms with van der Waals surface area (Å²) < 4.78 is 18.7. The van der Waals surface area contributed by atoms with E-state index < -0.39 is 17.6 Å².